The molecule has 0 amide bonds. The van der Waals surface area contributed by atoms with Crippen molar-refractivity contribution in [2.24, 2.45) is 0 Å². The van der Waals surface area contributed by atoms with E-state index >= 15 is 0 Å². The minimum Gasteiger partial charge on any atom is -0.458 e. The highest BCUT2D eigenvalue weighted by Crippen LogP contribution is 2.49. The molecule has 4 aliphatic rings. The van der Waals surface area contributed by atoms with Crippen molar-refractivity contribution in [2.45, 2.75) is 62.3 Å². The summed E-state index contributed by atoms with van der Waals surface area (Å²) in [7, 11) is 0. The van der Waals surface area contributed by atoms with E-state index in [-0.39, 0.29) is 13.4 Å². The summed E-state index contributed by atoms with van der Waals surface area (Å²) < 4.78 is 10.2. The minimum absolute atomic E-state index is 0.0792. The number of benzene rings is 10. The molecule has 5 heterocycles. The SMILES string of the molecule is Cc1ccc(N2c3ccc(C)cc3B3c4cc5c(cc4N(c4ccc(C)cc4)c4cc(-c6ccc(C)cc6C)cc2c43)Oc2cc(-c3ccc(C)cc3C)cc3c2B5c2c(C)ccc4c5cc(C)ccc5n-3c24)cc1. The van der Waals surface area contributed by atoms with Crippen LogP contribution in [0.25, 0.3) is 49.7 Å². The van der Waals surface area contributed by atoms with Gasteiger partial charge in [-0.25, -0.2) is 0 Å². The zero-order chi connectivity index (χ0) is 50.9. The zero-order valence-electron chi connectivity index (χ0n) is 44.1. The second-order valence-corrected chi connectivity index (χ2v) is 22.3. The average molecular weight is 964 g/mol. The summed E-state index contributed by atoms with van der Waals surface area (Å²) in [6.07, 6.45) is 0. The molecule has 75 heavy (non-hydrogen) atoms. The van der Waals surface area contributed by atoms with E-state index in [1.807, 2.05) is 0 Å². The Kier molecular flexibility index (Phi) is 9.26. The number of ether oxygens (including phenoxy) is 1. The number of aryl methyl sites for hydroxylation is 9. The van der Waals surface area contributed by atoms with Gasteiger partial charge >= 0.3 is 0 Å². The van der Waals surface area contributed by atoms with Gasteiger partial charge in [0.1, 0.15) is 11.5 Å². The van der Waals surface area contributed by atoms with Crippen molar-refractivity contribution in [3.05, 3.63) is 220 Å². The van der Waals surface area contributed by atoms with Gasteiger partial charge in [0, 0.05) is 62.2 Å². The van der Waals surface area contributed by atoms with Crippen LogP contribution in [0.3, 0.4) is 0 Å². The molecule has 0 spiro atoms. The van der Waals surface area contributed by atoms with Gasteiger partial charge in [-0.05, 0) is 195 Å². The third-order valence-corrected chi connectivity index (χ3v) is 17.1. The molecule has 0 radical (unpaired) electrons. The molecule has 11 aromatic rings. The number of hydrogen-bond donors (Lipinski definition) is 0. The van der Waals surface area contributed by atoms with Crippen molar-refractivity contribution in [1.82, 2.24) is 4.57 Å². The van der Waals surface area contributed by atoms with Crippen LogP contribution < -0.4 is 47.3 Å². The molecular formula is C69H55B2N3O. The van der Waals surface area contributed by atoms with Crippen LogP contribution in [-0.4, -0.2) is 18.0 Å². The molecule has 0 aliphatic carbocycles. The lowest BCUT2D eigenvalue weighted by atomic mass is 9.30. The van der Waals surface area contributed by atoms with Crippen LogP contribution in [0.5, 0.6) is 11.5 Å². The lowest BCUT2D eigenvalue weighted by Crippen LogP contribution is -2.64. The van der Waals surface area contributed by atoms with Crippen molar-refractivity contribution in [3.8, 4) is 39.4 Å². The number of hydrogen-bond acceptors (Lipinski definition) is 3. The van der Waals surface area contributed by atoms with E-state index < -0.39 is 0 Å². The highest BCUT2D eigenvalue weighted by Gasteiger charge is 2.48. The molecule has 0 fully saturated rings. The van der Waals surface area contributed by atoms with Crippen LogP contribution in [0.4, 0.5) is 34.1 Å². The third-order valence-electron chi connectivity index (χ3n) is 17.1. The van der Waals surface area contributed by atoms with Crippen molar-refractivity contribution < 1.29 is 4.74 Å². The Morgan fingerprint density at radius 3 is 1.53 bits per heavy atom. The third kappa shape index (κ3) is 6.32. The van der Waals surface area contributed by atoms with E-state index in [1.165, 1.54) is 144 Å². The van der Waals surface area contributed by atoms with Gasteiger partial charge in [0.15, 0.2) is 0 Å². The highest BCUT2D eigenvalue weighted by atomic mass is 16.5. The lowest BCUT2D eigenvalue weighted by Gasteiger charge is -2.45. The number of nitrogens with zero attached hydrogens (tertiary/aromatic N) is 3. The summed E-state index contributed by atoms with van der Waals surface area (Å²) in [5, 5.41) is 2.58. The molecule has 0 atom stereocenters. The van der Waals surface area contributed by atoms with Crippen LogP contribution in [0.15, 0.2) is 170 Å². The quantitative estimate of drug-likeness (QED) is 0.164. The Morgan fingerprint density at radius 1 is 0.333 bits per heavy atom. The Labute approximate surface area is 440 Å². The summed E-state index contributed by atoms with van der Waals surface area (Å²) in [6.45, 7) is 19.8. The van der Waals surface area contributed by atoms with Gasteiger partial charge in [0.05, 0.1) is 5.52 Å². The second kappa shape index (κ2) is 15.8. The summed E-state index contributed by atoms with van der Waals surface area (Å²) in [5.41, 5.74) is 34.5. The number of rotatable bonds is 4. The normalized spacial score (nSPS) is 13.4. The summed E-state index contributed by atoms with van der Waals surface area (Å²) in [4.78, 5) is 5.09. The smallest absolute Gasteiger partial charge is 0.256 e. The molecule has 10 aromatic carbocycles. The van der Waals surface area contributed by atoms with Crippen LogP contribution >= 0.6 is 0 Å². The largest absolute Gasteiger partial charge is 0.458 e. The van der Waals surface area contributed by atoms with E-state index in [0.717, 1.165) is 34.1 Å². The van der Waals surface area contributed by atoms with Gasteiger partial charge in [-0.3, -0.25) is 0 Å². The van der Waals surface area contributed by atoms with Crippen molar-refractivity contribution in [3.63, 3.8) is 0 Å². The van der Waals surface area contributed by atoms with Gasteiger partial charge < -0.3 is 19.1 Å². The predicted molar refractivity (Wildman–Crippen MR) is 319 cm³/mol. The average Bonchev–Trinajstić information content (AvgIpc) is 3.95. The number of aromatic nitrogens is 1. The second-order valence-electron chi connectivity index (χ2n) is 22.3. The number of fused-ring (bicyclic) bond motifs is 11. The predicted octanol–water partition coefficient (Wildman–Crippen LogP) is 13.9. The van der Waals surface area contributed by atoms with Gasteiger partial charge in [0.2, 0.25) is 0 Å². The molecule has 6 heteroatoms. The summed E-state index contributed by atoms with van der Waals surface area (Å²) in [6, 6.07) is 65.5. The standard InChI is InChI=1S/C69H55B2N3O/c1-38-10-19-49(20-11-38)72-59-27-17-43(6)31-55(59)70-56-36-57-64(37-60(56)73(50-21-12-39(2)13-22-50)62-33-47(32-61(72)67(62)70)51-23-14-40(3)28-45(51)8)75-65-35-48(52-24-15-41(4)29-46(52)9)34-63-68(65)71(57)66-44(7)18-25-53-54-30-42(5)16-26-58(54)74(63)69(53)66/h10-37H,1-9H3. The summed E-state index contributed by atoms with van der Waals surface area (Å²) in [5.74, 6) is 1.82. The van der Waals surface area contributed by atoms with Crippen molar-refractivity contribution in [1.29, 1.82) is 0 Å². The molecule has 1 aromatic heterocycles. The van der Waals surface area contributed by atoms with Gasteiger partial charge in [-0.15, -0.1) is 0 Å². The van der Waals surface area contributed by atoms with Crippen LogP contribution in [0, 0.1) is 62.3 Å². The fourth-order valence-electron chi connectivity index (χ4n) is 13.7. The van der Waals surface area contributed by atoms with E-state index in [2.05, 4.69) is 247 Å². The molecule has 0 bridgehead atoms. The van der Waals surface area contributed by atoms with Crippen molar-refractivity contribution in [2.75, 3.05) is 9.80 Å². The molecule has 0 saturated carbocycles. The van der Waals surface area contributed by atoms with Gasteiger partial charge in [0.25, 0.3) is 13.4 Å². The van der Waals surface area contributed by atoms with E-state index in [0.29, 0.717) is 0 Å². The van der Waals surface area contributed by atoms with E-state index in [4.69, 9.17) is 4.74 Å². The Bertz CT molecular complexity index is 4340. The first-order valence-electron chi connectivity index (χ1n) is 26.6. The van der Waals surface area contributed by atoms with Crippen LogP contribution in [-0.2, 0) is 0 Å². The zero-order valence-corrected chi connectivity index (χ0v) is 44.1. The first kappa shape index (κ1) is 44.1. The van der Waals surface area contributed by atoms with E-state index in [1.54, 1.807) is 0 Å². The molecule has 0 N–H and O–H groups in total. The maximum Gasteiger partial charge on any atom is 0.256 e. The lowest BCUT2D eigenvalue weighted by molar-refractivity contribution is 0.487. The monoisotopic (exact) mass is 963 g/mol. The fraction of sp³-hybridized carbons (Fsp3) is 0.130. The number of anilines is 6. The molecular weight excluding hydrogens is 908 g/mol. The Hall–Kier alpha value is -8.47. The summed E-state index contributed by atoms with van der Waals surface area (Å²) >= 11 is 0. The van der Waals surface area contributed by atoms with E-state index in [9.17, 15) is 0 Å². The topological polar surface area (TPSA) is 20.6 Å². The fourth-order valence-corrected chi connectivity index (χ4v) is 13.7. The molecule has 4 aliphatic heterocycles. The van der Waals surface area contributed by atoms with Crippen LogP contribution in [0.2, 0.25) is 0 Å². The molecule has 4 nitrogen and oxygen atoms in total. The Morgan fingerprint density at radius 2 is 0.880 bits per heavy atom. The molecule has 0 saturated heterocycles. The first-order valence-corrected chi connectivity index (χ1v) is 26.6. The van der Waals surface area contributed by atoms with Gasteiger partial charge in [-0.2, -0.15) is 0 Å². The maximum atomic E-state index is 7.62. The molecule has 358 valence electrons. The highest BCUT2D eigenvalue weighted by molar-refractivity contribution is 7.02. The van der Waals surface area contributed by atoms with Crippen LogP contribution in [0.1, 0.15) is 50.1 Å². The Balaban J connectivity index is 1.06. The first-order chi connectivity index (χ1) is 36.4. The van der Waals surface area contributed by atoms with Gasteiger partial charge in [-0.1, -0.05) is 136 Å². The van der Waals surface area contributed by atoms with Crippen molar-refractivity contribution >= 4 is 102 Å². The maximum absolute atomic E-state index is 7.62. The molecule has 0 unspecified atom stereocenters. The molecule has 15 rings (SSSR count). The minimum atomic E-state index is -0.0796.